The fraction of sp³-hybridized carbons (Fsp3) is 0.105. The second-order valence-electron chi connectivity index (χ2n) is 5.51. The van der Waals surface area contributed by atoms with Crippen LogP contribution < -0.4 is 14.2 Å². The predicted molar refractivity (Wildman–Crippen MR) is 104 cm³/mol. The molecule has 8 nitrogen and oxygen atoms in total. The van der Waals surface area contributed by atoms with E-state index in [-0.39, 0.29) is 23.0 Å². The number of rotatable bonds is 7. The molecular weight excluding hydrogens is 386 g/mol. The largest absolute Gasteiger partial charge is 0.504 e. The number of methoxy groups -OCH3 is 2. The summed E-state index contributed by atoms with van der Waals surface area (Å²) in [6, 6.07) is 8.81. The van der Waals surface area contributed by atoms with Gasteiger partial charge in [0.25, 0.3) is 15.9 Å². The van der Waals surface area contributed by atoms with Crippen molar-refractivity contribution < 1.29 is 32.9 Å². The topological polar surface area (TPSA) is 122 Å². The highest BCUT2D eigenvalue weighted by molar-refractivity contribution is 7.93. The van der Waals surface area contributed by atoms with Crippen LogP contribution in [0.1, 0.15) is 11.1 Å². The first-order chi connectivity index (χ1) is 13.2. The van der Waals surface area contributed by atoms with E-state index in [0.29, 0.717) is 11.1 Å². The highest BCUT2D eigenvalue weighted by atomic mass is 32.2. The molecule has 0 saturated heterocycles. The number of aromatic hydroxyl groups is 2. The van der Waals surface area contributed by atoms with Crippen molar-refractivity contribution in [3.05, 3.63) is 59.0 Å². The minimum Gasteiger partial charge on any atom is -0.504 e. The van der Waals surface area contributed by atoms with Crippen molar-refractivity contribution in [2.45, 2.75) is 0 Å². The molecule has 2 aromatic rings. The first kappa shape index (κ1) is 20.8. The number of carbonyl (C=O) groups is 1. The number of phenolic OH excluding ortho intramolecular Hbond substituents is 2. The van der Waals surface area contributed by atoms with Crippen LogP contribution in [0.15, 0.2) is 47.9 Å². The zero-order chi connectivity index (χ0) is 20.7. The SMILES string of the molecule is COc1ccc(/C=C\C(=O)NS(=O)(=O)/C=C/c2ccc(OC)c(O)c2)cc1O. The first-order valence-corrected chi connectivity index (χ1v) is 9.45. The number of hydrogen-bond acceptors (Lipinski definition) is 7. The van der Waals surface area contributed by atoms with E-state index in [2.05, 4.69) is 0 Å². The van der Waals surface area contributed by atoms with Crippen molar-refractivity contribution >= 4 is 28.1 Å². The molecular formula is C19H19NO7S. The van der Waals surface area contributed by atoms with Crippen molar-refractivity contribution in [2.75, 3.05) is 14.2 Å². The summed E-state index contributed by atoms with van der Waals surface area (Å²) in [6.45, 7) is 0. The van der Waals surface area contributed by atoms with E-state index in [1.54, 1.807) is 12.1 Å². The van der Waals surface area contributed by atoms with Gasteiger partial charge in [-0.1, -0.05) is 12.1 Å². The lowest BCUT2D eigenvalue weighted by Crippen LogP contribution is -2.26. The molecule has 0 unspecified atom stereocenters. The van der Waals surface area contributed by atoms with Gasteiger partial charge in [-0.25, -0.2) is 13.1 Å². The fourth-order valence-corrected chi connectivity index (χ4v) is 2.92. The summed E-state index contributed by atoms with van der Waals surface area (Å²) in [7, 11) is -1.24. The highest BCUT2D eigenvalue weighted by Crippen LogP contribution is 2.27. The first-order valence-electron chi connectivity index (χ1n) is 7.91. The molecule has 0 aromatic heterocycles. The van der Waals surface area contributed by atoms with Crippen LogP contribution in [0.25, 0.3) is 12.2 Å². The molecule has 0 aliphatic rings. The third-order valence-corrected chi connectivity index (χ3v) is 4.50. The van der Waals surface area contributed by atoms with Gasteiger partial charge < -0.3 is 19.7 Å². The smallest absolute Gasteiger partial charge is 0.257 e. The summed E-state index contributed by atoms with van der Waals surface area (Å²) >= 11 is 0. The number of benzene rings is 2. The second kappa shape index (κ2) is 8.96. The van der Waals surface area contributed by atoms with E-state index in [4.69, 9.17) is 9.47 Å². The van der Waals surface area contributed by atoms with Crippen LogP contribution >= 0.6 is 0 Å². The molecule has 0 bridgehead atoms. The van der Waals surface area contributed by atoms with Crippen LogP contribution in [-0.4, -0.2) is 38.8 Å². The van der Waals surface area contributed by atoms with Gasteiger partial charge in [-0.05, 0) is 47.5 Å². The Kier molecular flexibility index (Phi) is 6.67. The number of nitrogens with one attached hydrogen (secondary N) is 1. The molecule has 0 spiro atoms. The van der Waals surface area contributed by atoms with Gasteiger partial charge in [-0.2, -0.15) is 0 Å². The molecule has 2 rings (SSSR count). The second-order valence-corrected chi connectivity index (χ2v) is 7.08. The summed E-state index contributed by atoms with van der Waals surface area (Å²) in [5.41, 5.74) is 0.885. The van der Waals surface area contributed by atoms with E-state index in [0.717, 1.165) is 11.5 Å². The molecule has 0 radical (unpaired) electrons. The van der Waals surface area contributed by atoms with Crippen LogP contribution in [0, 0.1) is 0 Å². The number of sulfonamides is 1. The highest BCUT2D eigenvalue weighted by Gasteiger charge is 2.09. The van der Waals surface area contributed by atoms with Crippen molar-refractivity contribution in [3.63, 3.8) is 0 Å². The molecule has 0 atom stereocenters. The lowest BCUT2D eigenvalue weighted by molar-refractivity contribution is -0.114. The molecule has 0 aliphatic carbocycles. The van der Waals surface area contributed by atoms with Crippen LogP contribution in [-0.2, 0) is 14.8 Å². The minimum atomic E-state index is -4.04. The molecule has 0 aliphatic heterocycles. The van der Waals surface area contributed by atoms with Crippen molar-refractivity contribution in [2.24, 2.45) is 0 Å². The van der Waals surface area contributed by atoms with Gasteiger partial charge in [0.2, 0.25) is 0 Å². The third kappa shape index (κ3) is 5.78. The molecule has 0 heterocycles. The molecule has 9 heteroatoms. The van der Waals surface area contributed by atoms with E-state index >= 15 is 0 Å². The van der Waals surface area contributed by atoms with Crippen molar-refractivity contribution in [1.82, 2.24) is 4.72 Å². The average molecular weight is 405 g/mol. The summed E-state index contributed by atoms with van der Waals surface area (Å²) < 4.78 is 35.6. The molecule has 0 saturated carbocycles. The van der Waals surface area contributed by atoms with Crippen LogP contribution in [0.2, 0.25) is 0 Å². The standard InChI is InChI=1S/C19H19NO7S/c1-26-17-6-3-13(11-15(17)21)5-8-19(23)20-28(24,25)10-9-14-4-7-18(27-2)16(22)12-14/h3-12,21-22H,1-2H3,(H,20,23)/b8-5-,10-9+. The van der Waals surface area contributed by atoms with Crippen molar-refractivity contribution in [1.29, 1.82) is 0 Å². The van der Waals surface area contributed by atoms with Crippen molar-refractivity contribution in [3.8, 4) is 23.0 Å². The Morgan fingerprint density at radius 2 is 1.43 bits per heavy atom. The lowest BCUT2D eigenvalue weighted by Gasteiger charge is -2.04. The van der Waals surface area contributed by atoms with Gasteiger partial charge in [0.15, 0.2) is 23.0 Å². The maximum atomic E-state index is 12.0. The molecule has 3 N–H and O–H groups in total. The minimum absolute atomic E-state index is 0.108. The molecule has 0 fully saturated rings. The molecule has 28 heavy (non-hydrogen) atoms. The summed E-state index contributed by atoms with van der Waals surface area (Å²) in [6.07, 6.45) is 3.58. The maximum absolute atomic E-state index is 12.0. The summed E-state index contributed by atoms with van der Waals surface area (Å²) in [5, 5.41) is 20.2. The molecule has 148 valence electrons. The number of amides is 1. The summed E-state index contributed by atoms with van der Waals surface area (Å²) in [5.74, 6) is -0.584. The Morgan fingerprint density at radius 3 is 1.89 bits per heavy atom. The normalized spacial score (nSPS) is 11.6. The molecule has 1 amide bonds. The monoisotopic (exact) mass is 405 g/mol. The van der Waals surface area contributed by atoms with Gasteiger partial charge in [0.05, 0.1) is 19.6 Å². The number of phenols is 2. The van der Waals surface area contributed by atoms with E-state index in [1.165, 1.54) is 50.6 Å². The Bertz CT molecular complexity index is 1030. The number of hydrogen-bond donors (Lipinski definition) is 3. The van der Waals surface area contributed by atoms with E-state index in [9.17, 15) is 23.4 Å². The molecule has 2 aromatic carbocycles. The van der Waals surface area contributed by atoms with Crippen LogP contribution in [0.5, 0.6) is 23.0 Å². The number of carbonyl (C=O) groups excluding carboxylic acids is 1. The summed E-state index contributed by atoms with van der Waals surface area (Å²) in [4.78, 5) is 11.8. The van der Waals surface area contributed by atoms with Gasteiger partial charge >= 0.3 is 0 Å². The Hall–Kier alpha value is -3.46. The Labute approximate surface area is 162 Å². The zero-order valence-electron chi connectivity index (χ0n) is 15.1. The van der Waals surface area contributed by atoms with Gasteiger partial charge in [-0.15, -0.1) is 0 Å². The van der Waals surface area contributed by atoms with Gasteiger partial charge in [-0.3, -0.25) is 4.79 Å². The Morgan fingerprint density at radius 1 is 0.929 bits per heavy atom. The van der Waals surface area contributed by atoms with Gasteiger partial charge in [0, 0.05) is 6.08 Å². The average Bonchev–Trinajstić information content (AvgIpc) is 2.64. The van der Waals surface area contributed by atoms with Crippen LogP contribution in [0.3, 0.4) is 0 Å². The zero-order valence-corrected chi connectivity index (χ0v) is 15.9. The van der Waals surface area contributed by atoms with Gasteiger partial charge in [0.1, 0.15) is 0 Å². The maximum Gasteiger partial charge on any atom is 0.257 e. The predicted octanol–water partition coefficient (Wildman–Crippen LogP) is 2.25. The quantitative estimate of drug-likeness (QED) is 0.604. The third-order valence-electron chi connectivity index (χ3n) is 3.52. The number of ether oxygens (including phenoxy) is 2. The Balaban J connectivity index is 2.03. The lowest BCUT2D eigenvalue weighted by atomic mass is 10.2. The van der Waals surface area contributed by atoms with E-state index in [1.807, 2.05) is 4.72 Å². The fourth-order valence-electron chi connectivity index (χ4n) is 2.17. The van der Waals surface area contributed by atoms with E-state index < -0.39 is 15.9 Å². The van der Waals surface area contributed by atoms with Crippen LogP contribution in [0.4, 0.5) is 0 Å².